The lowest BCUT2D eigenvalue weighted by Crippen LogP contribution is -2.23. The fraction of sp³-hybridized carbons (Fsp3) is 0.429. The number of rotatable bonds is 2. The molecule has 4 heteroatoms. The third kappa shape index (κ3) is 1.63. The molecule has 2 N–H and O–H groups in total. The first kappa shape index (κ1) is 11.7. The van der Waals surface area contributed by atoms with Crippen LogP contribution in [-0.4, -0.2) is 10.6 Å². The molecule has 0 spiro atoms. The van der Waals surface area contributed by atoms with Crippen LogP contribution in [-0.2, 0) is 19.4 Å². The molecule has 0 radical (unpaired) electrons. The average Bonchev–Trinajstić information content (AvgIpc) is 2.85. The van der Waals surface area contributed by atoms with Gasteiger partial charge in [0.25, 0.3) is 0 Å². The van der Waals surface area contributed by atoms with Gasteiger partial charge in [-0.25, -0.2) is 8.78 Å². The molecule has 1 unspecified atom stereocenters. The largest absolute Gasteiger partial charge is 0.343 e. The van der Waals surface area contributed by atoms with E-state index in [1.165, 1.54) is 23.4 Å². The van der Waals surface area contributed by atoms with Crippen LogP contribution in [0.4, 0.5) is 8.78 Å². The minimum Gasteiger partial charge on any atom is -0.343 e. The molecule has 18 heavy (non-hydrogen) atoms. The number of hydrogen-bond acceptors (Lipinski definition) is 1. The van der Waals surface area contributed by atoms with Crippen molar-refractivity contribution in [2.24, 2.45) is 5.73 Å². The van der Waals surface area contributed by atoms with Gasteiger partial charge >= 0.3 is 0 Å². The lowest BCUT2D eigenvalue weighted by molar-refractivity contribution is 0.509. The average molecular weight is 250 g/mol. The zero-order valence-corrected chi connectivity index (χ0v) is 10.3. The van der Waals surface area contributed by atoms with Crippen LogP contribution in [0.25, 0.3) is 10.9 Å². The zero-order chi connectivity index (χ0) is 12.9. The van der Waals surface area contributed by atoms with Crippen LogP contribution in [0.3, 0.4) is 0 Å². The topological polar surface area (TPSA) is 30.9 Å². The monoisotopic (exact) mass is 250 g/mol. The van der Waals surface area contributed by atoms with Gasteiger partial charge < -0.3 is 10.3 Å². The van der Waals surface area contributed by atoms with Crippen molar-refractivity contribution in [3.8, 4) is 0 Å². The van der Waals surface area contributed by atoms with Crippen molar-refractivity contribution in [2.45, 2.75) is 38.8 Å². The van der Waals surface area contributed by atoms with E-state index in [1.807, 2.05) is 6.92 Å². The maximum atomic E-state index is 13.4. The normalized spacial score (nSPS) is 16.2. The molecule has 1 aromatic carbocycles. The van der Waals surface area contributed by atoms with E-state index in [4.69, 9.17) is 5.73 Å². The third-order valence-electron chi connectivity index (χ3n) is 3.64. The number of aryl methyl sites for hydroxylation is 1. The predicted octanol–water partition coefficient (Wildman–Crippen LogP) is 2.76. The predicted molar refractivity (Wildman–Crippen MR) is 67.5 cm³/mol. The van der Waals surface area contributed by atoms with Crippen LogP contribution >= 0.6 is 0 Å². The SMILES string of the molecule is CC(N)Cn1c2c(c3cc(F)c(F)cc31)CCC2. The molecular weight excluding hydrogens is 234 g/mol. The summed E-state index contributed by atoms with van der Waals surface area (Å²) in [7, 11) is 0. The lowest BCUT2D eigenvalue weighted by Gasteiger charge is -2.12. The van der Waals surface area contributed by atoms with Crippen LogP contribution in [0.1, 0.15) is 24.6 Å². The molecule has 0 aliphatic heterocycles. The Bertz CT molecular complexity index is 614. The van der Waals surface area contributed by atoms with Crippen molar-refractivity contribution in [2.75, 3.05) is 0 Å². The molecule has 3 rings (SSSR count). The fourth-order valence-corrected chi connectivity index (χ4v) is 2.96. The van der Waals surface area contributed by atoms with Gasteiger partial charge in [0.1, 0.15) is 0 Å². The lowest BCUT2D eigenvalue weighted by atomic mass is 10.1. The van der Waals surface area contributed by atoms with E-state index in [0.717, 1.165) is 30.2 Å². The molecule has 2 nitrogen and oxygen atoms in total. The minimum atomic E-state index is -0.787. The van der Waals surface area contributed by atoms with Crippen LogP contribution in [0, 0.1) is 11.6 Å². The summed E-state index contributed by atoms with van der Waals surface area (Å²) >= 11 is 0. The Balaban J connectivity index is 2.29. The Morgan fingerprint density at radius 1 is 1.28 bits per heavy atom. The van der Waals surface area contributed by atoms with Gasteiger partial charge in [-0.15, -0.1) is 0 Å². The Labute approximate surface area is 104 Å². The Kier molecular flexibility index (Phi) is 2.63. The summed E-state index contributed by atoms with van der Waals surface area (Å²) in [4.78, 5) is 0. The van der Waals surface area contributed by atoms with Gasteiger partial charge in [0.05, 0.1) is 5.52 Å². The summed E-state index contributed by atoms with van der Waals surface area (Å²) < 4.78 is 28.8. The van der Waals surface area contributed by atoms with Gasteiger partial charge in [0.15, 0.2) is 11.6 Å². The van der Waals surface area contributed by atoms with Gasteiger partial charge in [-0.1, -0.05) is 0 Å². The maximum Gasteiger partial charge on any atom is 0.160 e. The number of benzene rings is 1. The molecule has 0 bridgehead atoms. The summed E-state index contributed by atoms with van der Waals surface area (Å²) in [5.41, 5.74) is 8.99. The van der Waals surface area contributed by atoms with Gasteiger partial charge in [-0.3, -0.25) is 0 Å². The molecule has 0 saturated heterocycles. The van der Waals surface area contributed by atoms with E-state index in [-0.39, 0.29) is 6.04 Å². The number of nitrogens with zero attached hydrogens (tertiary/aromatic N) is 1. The van der Waals surface area contributed by atoms with Crippen molar-refractivity contribution < 1.29 is 8.78 Å². The Hall–Kier alpha value is -1.42. The van der Waals surface area contributed by atoms with Gasteiger partial charge in [-0.05, 0) is 37.8 Å². The van der Waals surface area contributed by atoms with E-state index >= 15 is 0 Å². The van der Waals surface area contributed by atoms with E-state index in [0.29, 0.717) is 6.54 Å². The minimum absolute atomic E-state index is 0.00147. The molecule has 96 valence electrons. The number of fused-ring (bicyclic) bond motifs is 3. The number of halogens is 2. The van der Waals surface area contributed by atoms with Crippen LogP contribution in [0.15, 0.2) is 12.1 Å². The van der Waals surface area contributed by atoms with Crippen molar-refractivity contribution in [3.63, 3.8) is 0 Å². The Morgan fingerprint density at radius 3 is 2.72 bits per heavy atom. The Morgan fingerprint density at radius 2 is 2.00 bits per heavy atom. The summed E-state index contributed by atoms with van der Waals surface area (Å²) in [5, 5.41) is 0.849. The smallest absolute Gasteiger partial charge is 0.160 e. The van der Waals surface area contributed by atoms with Crippen LogP contribution < -0.4 is 5.73 Å². The summed E-state index contributed by atoms with van der Waals surface area (Å²) in [6.07, 6.45) is 3.00. The second-order valence-corrected chi connectivity index (χ2v) is 5.15. The highest BCUT2D eigenvalue weighted by molar-refractivity contribution is 5.86. The van der Waals surface area contributed by atoms with E-state index in [9.17, 15) is 8.78 Å². The van der Waals surface area contributed by atoms with Crippen molar-refractivity contribution in [3.05, 3.63) is 35.0 Å². The van der Waals surface area contributed by atoms with Crippen LogP contribution in [0.5, 0.6) is 0 Å². The molecule has 1 heterocycles. The highest BCUT2D eigenvalue weighted by Crippen LogP contribution is 2.34. The maximum absolute atomic E-state index is 13.4. The first-order chi connectivity index (χ1) is 8.58. The molecule has 1 aliphatic rings. The van der Waals surface area contributed by atoms with E-state index < -0.39 is 11.6 Å². The van der Waals surface area contributed by atoms with Gasteiger partial charge in [0.2, 0.25) is 0 Å². The molecule has 1 aromatic heterocycles. The van der Waals surface area contributed by atoms with Crippen molar-refractivity contribution in [1.29, 1.82) is 0 Å². The second-order valence-electron chi connectivity index (χ2n) is 5.15. The fourth-order valence-electron chi connectivity index (χ4n) is 2.96. The number of aromatic nitrogens is 1. The highest BCUT2D eigenvalue weighted by atomic mass is 19.2. The molecule has 1 atom stereocenters. The zero-order valence-electron chi connectivity index (χ0n) is 10.3. The van der Waals surface area contributed by atoms with Crippen LogP contribution in [0.2, 0.25) is 0 Å². The molecule has 0 amide bonds. The quantitative estimate of drug-likeness (QED) is 0.873. The van der Waals surface area contributed by atoms with E-state index in [2.05, 4.69) is 4.57 Å². The summed E-state index contributed by atoms with van der Waals surface area (Å²) in [6, 6.07) is 2.62. The number of hydrogen-bond donors (Lipinski definition) is 1. The molecule has 1 aliphatic carbocycles. The van der Waals surface area contributed by atoms with Crippen molar-refractivity contribution >= 4 is 10.9 Å². The standard InChI is InChI=1S/C14H16F2N2/c1-8(17)7-18-13-4-2-3-9(13)10-5-11(15)12(16)6-14(10)18/h5-6,8H,2-4,7,17H2,1H3. The highest BCUT2D eigenvalue weighted by Gasteiger charge is 2.23. The van der Waals surface area contributed by atoms with Gasteiger partial charge in [0, 0.05) is 29.7 Å². The third-order valence-corrected chi connectivity index (χ3v) is 3.64. The van der Waals surface area contributed by atoms with E-state index in [1.54, 1.807) is 0 Å². The first-order valence-corrected chi connectivity index (χ1v) is 6.32. The summed E-state index contributed by atoms with van der Waals surface area (Å²) in [6.45, 7) is 2.57. The number of nitrogens with two attached hydrogens (primary N) is 1. The molecule has 0 saturated carbocycles. The molecule has 2 aromatic rings. The second kappa shape index (κ2) is 4.05. The van der Waals surface area contributed by atoms with Gasteiger partial charge in [-0.2, -0.15) is 0 Å². The molecular formula is C14H16F2N2. The van der Waals surface area contributed by atoms with Crippen molar-refractivity contribution in [1.82, 2.24) is 4.57 Å². The summed E-state index contributed by atoms with van der Waals surface area (Å²) in [5.74, 6) is -1.56. The first-order valence-electron chi connectivity index (χ1n) is 6.32. The molecule has 0 fully saturated rings.